The van der Waals surface area contributed by atoms with Gasteiger partial charge >= 0.3 is 0 Å². The molecule has 0 atom stereocenters. The van der Waals surface area contributed by atoms with Gasteiger partial charge in [0.2, 0.25) is 0 Å². The molecular formula is C15H13ClN4S. The van der Waals surface area contributed by atoms with E-state index in [1.54, 1.807) is 23.9 Å². The quantitative estimate of drug-likeness (QED) is 0.575. The lowest BCUT2D eigenvalue weighted by molar-refractivity contribution is 1.19. The van der Waals surface area contributed by atoms with Crippen molar-refractivity contribution in [2.45, 2.75) is 13.8 Å². The van der Waals surface area contributed by atoms with Gasteiger partial charge in [0.1, 0.15) is 11.2 Å². The van der Waals surface area contributed by atoms with Gasteiger partial charge in [-0.05, 0) is 25.5 Å². The highest BCUT2D eigenvalue weighted by Crippen LogP contribution is 2.32. The number of hydrogen-bond donors (Lipinski definition) is 1. The summed E-state index contributed by atoms with van der Waals surface area (Å²) in [5.41, 5.74) is 5.03. The zero-order valence-corrected chi connectivity index (χ0v) is 13.2. The van der Waals surface area contributed by atoms with Gasteiger partial charge in [0.25, 0.3) is 0 Å². The van der Waals surface area contributed by atoms with Gasteiger partial charge in [-0.3, -0.25) is 5.43 Å². The Balaban J connectivity index is 1.91. The number of hydrazone groups is 1. The molecule has 4 nitrogen and oxygen atoms in total. The molecule has 1 N–H and O–H groups in total. The first-order valence-corrected chi connectivity index (χ1v) is 7.60. The molecule has 0 aliphatic carbocycles. The highest BCUT2D eigenvalue weighted by molar-refractivity contribution is 7.18. The second-order valence-electron chi connectivity index (χ2n) is 4.58. The molecule has 2 aromatic heterocycles. The van der Waals surface area contributed by atoms with Gasteiger partial charge in [-0.1, -0.05) is 29.8 Å². The van der Waals surface area contributed by atoms with Crippen molar-refractivity contribution in [3.8, 4) is 0 Å². The topological polar surface area (TPSA) is 50.2 Å². The minimum Gasteiger partial charge on any atom is -0.261 e. The maximum Gasteiger partial charge on any atom is 0.158 e. The van der Waals surface area contributed by atoms with E-state index in [4.69, 9.17) is 11.6 Å². The third kappa shape index (κ3) is 2.75. The fourth-order valence-electron chi connectivity index (χ4n) is 2.01. The van der Waals surface area contributed by atoms with E-state index in [9.17, 15) is 0 Å². The minimum absolute atomic E-state index is 0.665. The van der Waals surface area contributed by atoms with E-state index < -0.39 is 0 Å². The molecule has 0 bridgehead atoms. The summed E-state index contributed by atoms with van der Waals surface area (Å²) in [7, 11) is 0. The summed E-state index contributed by atoms with van der Waals surface area (Å²) >= 11 is 7.75. The normalized spacial score (nSPS) is 11.4. The Bertz CT molecular complexity index is 826. The van der Waals surface area contributed by atoms with Crippen LogP contribution in [0.2, 0.25) is 5.02 Å². The summed E-state index contributed by atoms with van der Waals surface area (Å²) in [5.74, 6) is 0.713. The van der Waals surface area contributed by atoms with Crippen molar-refractivity contribution < 1.29 is 0 Å². The average Bonchev–Trinajstić information content (AvgIpc) is 2.77. The number of anilines is 1. The van der Waals surface area contributed by atoms with Crippen molar-refractivity contribution in [3.05, 3.63) is 51.6 Å². The molecular weight excluding hydrogens is 304 g/mol. The van der Waals surface area contributed by atoms with Crippen LogP contribution in [0.3, 0.4) is 0 Å². The van der Waals surface area contributed by atoms with Crippen LogP contribution in [0.25, 0.3) is 10.2 Å². The van der Waals surface area contributed by atoms with Crippen LogP contribution in [0.5, 0.6) is 0 Å². The van der Waals surface area contributed by atoms with E-state index in [0.717, 1.165) is 15.8 Å². The molecule has 0 unspecified atom stereocenters. The van der Waals surface area contributed by atoms with Crippen LogP contribution in [0.4, 0.5) is 5.82 Å². The molecule has 0 saturated carbocycles. The third-order valence-corrected chi connectivity index (χ3v) is 4.70. The zero-order chi connectivity index (χ0) is 14.8. The Morgan fingerprint density at radius 2 is 2.05 bits per heavy atom. The summed E-state index contributed by atoms with van der Waals surface area (Å²) < 4.78 is 0. The molecule has 6 heteroatoms. The first-order valence-electron chi connectivity index (χ1n) is 6.41. The average molecular weight is 317 g/mol. The monoisotopic (exact) mass is 316 g/mol. The second-order valence-corrected chi connectivity index (χ2v) is 6.19. The van der Waals surface area contributed by atoms with Crippen LogP contribution in [0, 0.1) is 13.8 Å². The van der Waals surface area contributed by atoms with Crippen molar-refractivity contribution in [1.82, 2.24) is 9.97 Å². The number of thiophene rings is 1. The van der Waals surface area contributed by atoms with Gasteiger partial charge in [0.15, 0.2) is 5.82 Å². The lowest BCUT2D eigenvalue weighted by Gasteiger charge is -2.02. The van der Waals surface area contributed by atoms with E-state index in [-0.39, 0.29) is 0 Å². The van der Waals surface area contributed by atoms with E-state index >= 15 is 0 Å². The van der Waals surface area contributed by atoms with Crippen LogP contribution in [0.1, 0.15) is 16.0 Å². The van der Waals surface area contributed by atoms with Gasteiger partial charge in [0.05, 0.1) is 11.6 Å². The number of rotatable bonds is 3. The van der Waals surface area contributed by atoms with Crippen molar-refractivity contribution in [2.75, 3.05) is 5.43 Å². The highest BCUT2D eigenvalue weighted by atomic mass is 35.5. The van der Waals surface area contributed by atoms with Crippen LogP contribution >= 0.6 is 22.9 Å². The minimum atomic E-state index is 0.665. The smallest absolute Gasteiger partial charge is 0.158 e. The molecule has 2 heterocycles. The summed E-state index contributed by atoms with van der Waals surface area (Å²) in [5, 5.41) is 5.92. The molecule has 0 amide bonds. The van der Waals surface area contributed by atoms with Crippen molar-refractivity contribution in [2.24, 2.45) is 5.10 Å². The number of nitrogens with one attached hydrogen (secondary N) is 1. The molecule has 0 spiro atoms. The van der Waals surface area contributed by atoms with Gasteiger partial charge in [-0.15, -0.1) is 11.3 Å². The van der Waals surface area contributed by atoms with E-state index in [0.29, 0.717) is 10.8 Å². The van der Waals surface area contributed by atoms with Gasteiger partial charge in [-0.25, -0.2) is 9.97 Å². The summed E-state index contributed by atoms with van der Waals surface area (Å²) in [6.45, 7) is 4.15. The molecule has 0 fully saturated rings. The van der Waals surface area contributed by atoms with E-state index in [1.807, 2.05) is 24.3 Å². The van der Waals surface area contributed by atoms with E-state index in [1.165, 1.54) is 10.4 Å². The van der Waals surface area contributed by atoms with Gasteiger partial charge < -0.3 is 0 Å². The number of aryl methyl sites for hydroxylation is 2. The Morgan fingerprint density at radius 1 is 1.24 bits per heavy atom. The fourth-order valence-corrected chi connectivity index (χ4v) is 3.19. The van der Waals surface area contributed by atoms with Crippen LogP contribution in [0.15, 0.2) is 35.7 Å². The molecule has 0 aliphatic heterocycles. The van der Waals surface area contributed by atoms with Crippen LogP contribution in [-0.2, 0) is 0 Å². The summed E-state index contributed by atoms with van der Waals surface area (Å²) in [4.78, 5) is 10.8. The van der Waals surface area contributed by atoms with Crippen LogP contribution in [-0.4, -0.2) is 16.2 Å². The molecule has 21 heavy (non-hydrogen) atoms. The third-order valence-electron chi connectivity index (χ3n) is 3.24. The Labute approximate surface area is 131 Å². The SMILES string of the molecule is Cc1sc2ncnc(NN=Cc3ccccc3Cl)c2c1C. The number of fused-ring (bicyclic) bond motifs is 1. The second kappa shape index (κ2) is 5.79. The number of nitrogens with zero attached hydrogens (tertiary/aromatic N) is 3. The highest BCUT2D eigenvalue weighted by Gasteiger charge is 2.11. The lowest BCUT2D eigenvalue weighted by atomic mass is 10.2. The molecule has 3 aromatic rings. The molecule has 1 aromatic carbocycles. The molecule has 0 aliphatic rings. The molecule has 106 valence electrons. The number of halogens is 1. The van der Waals surface area contributed by atoms with Crippen LogP contribution < -0.4 is 5.43 Å². The number of benzene rings is 1. The first kappa shape index (κ1) is 14.0. The fraction of sp³-hybridized carbons (Fsp3) is 0.133. The van der Waals surface area contributed by atoms with Gasteiger partial charge in [-0.2, -0.15) is 5.10 Å². The maximum atomic E-state index is 6.09. The molecule has 0 saturated heterocycles. The Hall–Kier alpha value is -1.98. The lowest BCUT2D eigenvalue weighted by Crippen LogP contribution is -1.95. The van der Waals surface area contributed by atoms with Crippen molar-refractivity contribution >= 4 is 45.2 Å². The number of hydrogen-bond acceptors (Lipinski definition) is 5. The van der Waals surface area contributed by atoms with Gasteiger partial charge in [0, 0.05) is 15.5 Å². The first-order chi connectivity index (χ1) is 10.2. The zero-order valence-electron chi connectivity index (χ0n) is 11.6. The number of aromatic nitrogens is 2. The standard InChI is InChI=1S/C15H13ClN4S/c1-9-10(2)21-15-13(9)14(17-8-18-15)20-19-7-11-5-3-4-6-12(11)16/h3-8H,1-2H3,(H,17,18,20). The molecule has 3 rings (SSSR count). The molecule has 0 radical (unpaired) electrons. The van der Waals surface area contributed by atoms with E-state index in [2.05, 4.69) is 34.3 Å². The van der Waals surface area contributed by atoms with Crippen molar-refractivity contribution in [1.29, 1.82) is 0 Å². The predicted molar refractivity (Wildman–Crippen MR) is 89.6 cm³/mol. The summed E-state index contributed by atoms with van der Waals surface area (Å²) in [6, 6.07) is 7.54. The Morgan fingerprint density at radius 3 is 2.86 bits per heavy atom. The maximum absolute atomic E-state index is 6.09. The summed E-state index contributed by atoms with van der Waals surface area (Å²) in [6.07, 6.45) is 3.23. The Kier molecular flexibility index (Phi) is 3.86. The largest absolute Gasteiger partial charge is 0.261 e. The predicted octanol–water partition coefficient (Wildman–Crippen LogP) is 4.41. The van der Waals surface area contributed by atoms with Crippen molar-refractivity contribution in [3.63, 3.8) is 0 Å².